The van der Waals surface area contributed by atoms with Gasteiger partial charge < -0.3 is 15.4 Å². The summed E-state index contributed by atoms with van der Waals surface area (Å²) in [6, 6.07) is 8.03. The van der Waals surface area contributed by atoms with Gasteiger partial charge in [-0.05, 0) is 25.5 Å². The van der Waals surface area contributed by atoms with Crippen LogP contribution < -0.4 is 10.6 Å². The van der Waals surface area contributed by atoms with Gasteiger partial charge in [-0.15, -0.1) is 0 Å². The van der Waals surface area contributed by atoms with E-state index in [1.807, 2.05) is 0 Å². The van der Waals surface area contributed by atoms with E-state index in [0.717, 1.165) is 0 Å². The summed E-state index contributed by atoms with van der Waals surface area (Å²) in [5.74, 6) is -1.58. The summed E-state index contributed by atoms with van der Waals surface area (Å²) < 4.78 is 32.2. The number of hydrogen-bond acceptors (Lipinski definition) is 5. The van der Waals surface area contributed by atoms with Gasteiger partial charge in [-0.3, -0.25) is 9.59 Å². The highest BCUT2D eigenvalue weighted by atomic mass is 32.2. The van der Waals surface area contributed by atoms with Crippen LogP contribution in [-0.2, 0) is 24.3 Å². The molecule has 2 rings (SSSR count). The zero-order valence-electron chi connectivity index (χ0n) is 13.4. The second kappa shape index (κ2) is 8.22. The van der Waals surface area contributed by atoms with Crippen molar-refractivity contribution >= 4 is 21.8 Å². The molecule has 2 amide bonds. The minimum atomic E-state index is -3.73. The second-order valence-electron chi connectivity index (χ2n) is 5.18. The minimum absolute atomic E-state index is 0.0952. The van der Waals surface area contributed by atoms with Crippen molar-refractivity contribution in [2.75, 3.05) is 26.2 Å². The lowest BCUT2D eigenvalue weighted by molar-refractivity contribution is -0.140. The van der Waals surface area contributed by atoms with Gasteiger partial charge in [0.15, 0.2) is 0 Å². The van der Waals surface area contributed by atoms with Gasteiger partial charge in [0.25, 0.3) is 0 Å². The van der Waals surface area contributed by atoms with Crippen molar-refractivity contribution in [2.24, 2.45) is 0 Å². The van der Waals surface area contributed by atoms with Gasteiger partial charge in [-0.2, -0.15) is 4.31 Å². The van der Waals surface area contributed by atoms with Crippen molar-refractivity contribution in [2.45, 2.75) is 24.5 Å². The van der Waals surface area contributed by atoms with E-state index in [-0.39, 0.29) is 11.4 Å². The molecule has 1 heterocycles. The standard InChI is InChI=1S/C15H21N3O5S/c1-2-16-14(19)15(20)17-11-13-18(9-6-10-23-13)24(21,22)12-7-4-3-5-8-12/h3-5,7-8,13H,2,6,9-11H2,1H3,(H,16,19)(H,17,20)/t13-/m0/s1. The van der Waals surface area contributed by atoms with Crippen LogP contribution in [0.1, 0.15) is 13.3 Å². The van der Waals surface area contributed by atoms with E-state index < -0.39 is 28.1 Å². The van der Waals surface area contributed by atoms with Crippen LogP contribution in [0, 0.1) is 0 Å². The summed E-state index contributed by atoms with van der Waals surface area (Å²) in [6.07, 6.45) is -0.283. The highest BCUT2D eigenvalue weighted by molar-refractivity contribution is 7.89. The number of likely N-dealkylation sites (N-methyl/N-ethyl adjacent to an activating group) is 1. The molecule has 8 nitrogen and oxygen atoms in total. The van der Waals surface area contributed by atoms with Crippen LogP contribution in [0.15, 0.2) is 35.2 Å². The highest BCUT2D eigenvalue weighted by Gasteiger charge is 2.34. The van der Waals surface area contributed by atoms with E-state index >= 15 is 0 Å². The first kappa shape index (κ1) is 18.4. The molecule has 0 aliphatic carbocycles. The molecule has 0 spiro atoms. The first-order chi connectivity index (χ1) is 11.5. The maximum Gasteiger partial charge on any atom is 0.309 e. The summed E-state index contributed by atoms with van der Waals surface area (Å²) in [5, 5.41) is 4.79. The van der Waals surface area contributed by atoms with Crippen LogP contribution in [0.4, 0.5) is 0 Å². The summed E-state index contributed by atoms with van der Waals surface area (Å²) >= 11 is 0. The van der Waals surface area contributed by atoms with Crippen molar-refractivity contribution in [1.29, 1.82) is 0 Å². The number of nitrogens with zero attached hydrogens (tertiary/aromatic N) is 1. The Kier molecular flexibility index (Phi) is 6.29. The van der Waals surface area contributed by atoms with Gasteiger partial charge in [0, 0.05) is 13.1 Å². The number of hydrogen-bond donors (Lipinski definition) is 2. The van der Waals surface area contributed by atoms with Gasteiger partial charge in [-0.25, -0.2) is 8.42 Å². The molecule has 0 unspecified atom stereocenters. The number of sulfonamides is 1. The van der Waals surface area contributed by atoms with Gasteiger partial charge in [0.1, 0.15) is 6.23 Å². The molecule has 1 saturated heterocycles. The van der Waals surface area contributed by atoms with E-state index in [1.165, 1.54) is 16.4 Å². The summed E-state index contributed by atoms with van der Waals surface area (Å²) in [6.45, 7) is 2.62. The molecular formula is C15H21N3O5S. The number of carbonyl (C=O) groups excluding carboxylic acids is 2. The number of carbonyl (C=O) groups is 2. The van der Waals surface area contributed by atoms with Crippen molar-refractivity contribution in [3.05, 3.63) is 30.3 Å². The van der Waals surface area contributed by atoms with E-state index in [0.29, 0.717) is 26.1 Å². The largest absolute Gasteiger partial charge is 0.360 e. The number of nitrogens with one attached hydrogen (secondary N) is 2. The van der Waals surface area contributed by atoms with Crippen LogP contribution in [0.2, 0.25) is 0 Å². The van der Waals surface area contributed by atoms with Gasteiger partial charge in [-0.1, -0.05) is 18.2 Å². The Bertz CT molecular complexity index is 678. The van der Waals surface area contributed by atoms with E-state index in [1.54, 1.807) is 25.1 Å². The fraction of sp³-hybridized carbons (Fsp3) is 0.467. The number of amides is 2. The zero-order valence-corrected chi connectivity index (χ0v) is 14.2. The minimum Gasteiger partial charge on any atom is -0.360 e. The monoisotopic (exact) mass is 355 g/mol. The van der Waals surface area contributed by atoms with Crippen molar-refractivity contribution in [1.82, 2.24) is 14.9 Å². The Morgan fingerprint density at radius 1 is 1.21 bits per heavy atom. The van der Waals surface area contributed by atoms with Crippen LogP contribution in [-0.4, -0.2) is 57.0 Å². The Labute approximate surface area is 141 Å². The van der Waals surface area contributed by atoms with Crippen LogP contribution in [0.5, 0.6) is 0 Å². The Balaban J connectivity index is 2.08. The van der Waals surface area contributed by atoms with Gasteiger partial charge in [0.2, 0.25) is 10.0 Å². The third kappa shape index (κ3) is 4.31. The Hall–Kier alpha value is -1.97. The molecule has 1 aliphatic heterocycles. The topological polar surface area (TPSA) is 105 Å². The second-order valence-corrected chi connectivity index (χ2v) is 7.07. The molecule has 0 bridgehead atoms. The lowest BCUT2D eigenvalue weighted by Gasteiger charge is -2.34. The van der Waals surface area contributed by atoms with E-state index in [4.69, 9.17) is 4.74 Å². The summed E-state index contributed by atoms with van der Waals surface area (Å²) in [7, 11) is -3.73. The predicted octanol–water partition coefficient (Wildman–Crippen LogP) is -0.324. The lowest BCUT2D eigenvalue weighted by Crippen LogP contribution is -2.53. The zero-order chi connectivity index (χ0) is 17.6. The first-order valence-electron chi connectivity index (χ1n) is 7.71. The van der Waals surface area contributed by atoms with Gasteiger partial charge in [0.05, 0.1) is 18.0 Å². The molecule has 1 aromatic rings. The third-order valence-corrected chi connectivity index (χ3v) is 5.39. The van der Waals surface area contributed by atoms with Crippen LogP contribution >= 0.6 is 0 Å². The quantitative estimate of drug-likeness (QED) is 0.704. The number of rotatable bonds is 5. The molecule has 2 N–H and O–H groups in total. The number of benzene rings is 1. The molecule has 24 heavy (non-hydrogen) atoms. The Morgan fingerprint density at radius 2 is 1.88 bits per heavy atom. The van der Waals surface area contributed by atoms with Crippen LogP contribution in [0.25, 0.3) is 0 Å². The fourth-order valence-corrected chi connectivity index (χ4v) is 3.92. The van der Waals surface area contributed by atoms with Crippen molar-refractivity contribution in [3.8, 4) is 0 Å². The lowest BCUT2D eigenvalue weighted by atomic mass is 10.3. The molecule has 1 fully saturated rings. The molecule has 1 aromatic carbocycles. The maximum absolute atomic E-state index is 12.7. The molecule has 1 atom stereocenters. The summed E-state index contributed by atoms with van der Waals surface area (Å²) in [4.78, 5) is 23.2. The molecule has 1 aliphatic rings. The van der Waals surface area contributed by atoms with Crippen LogP contribution in [0.3, 0.4) is 0 Å². The average molecular weight is 355 g/mol. The fourth-order valence-electron chi connectivity index (χ4n) is 2.33. The average Bonchev–Trinajstić information content (AvgIpc) is 2.60. The Morgan fingerprint density at radius 3 is 2.54 bits per heavy atom. The molecule has 9 heteroatoms. The molecular weight excluding hydrogens is 334 g/mol. The SMILES string of the molecule is CCNC(=O)C(=O)NC[C@@H]1OCCCN1S(=O)(=O)c1ccccc1. The predicted molar refractivity (Wildman–Crippen MR) is 86.4 cm³/mol. The third-order valence-electron chi connectivity index (χ3n) is 3.48. The highest BCUT2D eigenvalue weighted by Crippen LogP contribution is 2.21. The van der Waals surface area contributed by atoms with Crippen molar-refractivity contribution < 1.29 is 22.7 Å². The first-order valence-corrected chi connectivity index (χ1v) is 9.15. The van der Waals surface area contributed by atoms with E-state index in [2.05, 4.69) is 10.6 Å². The molecule has 0 saturated carbocycles. The van der Waals surface area contributed by atoms with Gasteiger partial charge >= 0.3 is 11.8 Å². The normalized spacial score (nSPS) is 18.8. The maximum atomic E-state index is 12.7. The van der Waals surface area contributed by atoms with E-state index in [9.17, 15) is 18.0 Å². The summed E-state index contributed by atoms with van der Waals surface area (Å²) in [5.41, 5.74) is 0. The van der Waals surface area contributed by atoms with Crippen molar-refractivity contribution in [3.63, 3.8) is 0 Å². The number of ether oxygens (including phenoxy) is 1. The molecule has 0 aromatic heterocycles. The molecule has 132 valence electrons. The smallest absolute Gasteiger partial charge is 0.309 e. The molecule has 0 radical (unpaired) electrons.